The molecule has 1 fully saturated rings. The SMILES string of the molecule is CN(C)c1ccc(NC(=O)c2ccco2)cc1CN(C(=O)c1cccs1)C1CCCCC1. The van der Waals surface area contributed by atoms with Gasteiger partial charge >= 0.3 is 0 Å². The van der Waals surface area contributed by atoms with E-state index in [0.29, 0.717) is 12.2 Å². The van der Waals surface area contributed by atoms with Gasteiger partial charge in [-0.1, -0.05) is 25.3 Å². The molecule has 0 unspecified atom stereocenters. The van der Waals surface area contributed by atoms with Gasteiger partial charge in [-0.25, -0.2) is 0 Å². The minimum atomic E-state index is -0.294. The van der Waals surface area contributed by atoms with Crippen molar-refractivity contribution < 1.29 is 14.0 Å². The topological polar surface area (TPSA) is 65.8 Å². The van der Waals surface area contributed by atoms with E-state index in [-0.39, 0.29) is 23.6 Å². The molecule has 2 amide bonds. The third-order valence-corrected chi connectivity index (χ3v) is 6.77. The molecule has 1 aliphatic carbocycles. The van der Waals surface area contributed by atoms with Crippen molar-refractivity contribution in [2.75, 3.05) is 24.3 Å². The van der Waals surface area contributed by atoms with Crippen LogP contribution in [0.5, 0.6) is 0 Å². The molecule has 1 aliphatic rings. The van der Waals surface area contributed by atoms with Gasteiger partial charge < -0.3 is 19.5 Å². The Kier molecular flexibility index (Phi) is 6.95. The van der Waals surface area contributed by atoms with Crippen LogP contribution in [0.3, 0.4) is 0 Å². The lowest BCUT2D eigenvalue weighted by Gasteiger charge is -2.35. The predicted molar refractivity (Wildman–Crippen MR) is 128 cm³/mol. The first-order valence-corrected chi connectivity index (χ1v) is 11.9. The van der Waals surface area contributed by atoms with Gasteiger partial charge in [-0.15, -0.1) is 11.3 Å². The van der Waals surface area contributed by atoms with E-state index in [2.05, 4.69) is 5.32 Å². The molecular weight excluding hydrogens is 422 g/mol. The lowest BCUT2D eigenvalue weighted by Crippen LogP contribution is -2.41. The number of hydrogen-bond donors (Lipinski definition) is 1. The first-order valence-electron chi connectivity index (χ1n) is 11.0. The third kappa shape index (κ3) is 5.05. The van der Waals surface area contributed by atoms with E-state index in [1.54, 1.807) is 12.1 Å². The van der Waals surface area contributed by atoms with Gasteiger partial charge in [-0.05, 0) is 60.2 Å². The minimum absolute atomic E-state index is 0.0848. The number of amides is 2. The number of carbonyl (C=O) groups is 2. The fourth-order valence-corrected chi connectivity index (χ4v) is 4.99. The molecule has 0 spiro atoms. The van der Waals surface area contributed by atoms with Crippen molar-refractivity contribution in [2.45, 2.75) is 44.7 Å². The van der Waals surface area contributed by atoms with Gasteiger partial charge in [0.15, 0.2) is 5.76 Å². The summed E-state index contributed by atoms with van der Waals surface area (Å²) in [6.45, 7) is 0.499. The second kappa shape index (κ2) is 10.0. The fourth-order valence-electron chi connectivity index (χ4n) is 4.31. The number of anilines is 2. The van der Waals surface area contributed by atoms with Crippen LogP contribution >= 0.6 is 11.3 Å². The van der Waals surface area contributed by atoms with E-state index < -0.39 is 0 Å². The van der Waals surface area contributed by atoms with Gasteiger partial charge in [-0.2, -0.15) is 0 Å². The Balaban J connectivity index is 1.63. The first-order chi connectivity index (χ1) is 15.5. The van der Waals surface area contributed by atoms with Gasteiger partial charge in [0.1, 0.15) is 0 Å². The van der Waals surface area contributed by atoms with Crippen molar-refractivity contribution in [1.29, 1.82) is 0 Å². The van der Waals surface area contributed by atoms with Crippen LogP contribution < -0.4 is 10.2 Å². The zero-order valence-electron chi connectivity index (χ0n) is 18.5. The molecule has 1 saturated carbocycles. The van der Waals surface area contributed by atoms with E-state index in [0.717, 1.165) is 41.8 Å². The van der Waals surface area contributed by atoms with Crippen molar-refractivity contribution in [1.82, 2.24) is 4.90 Å². The van der Waals surface area contributed by atoms with Crippen LogP contribution in [0.15, 0.2) is 58.5 Å². The minimum Gasteiger partial charge on any atom is -0.459 e. The summed E-state index contributed by atoms with van der Waals surface area (Å²) in [5.41, 5.74) is 2.71. The highest BCUT2D eigenvalue weighted by atomic mass is 32.1. The Hall–Kier alpha value is -3.06. The number of benzene rings is 1. The van der Waals surface area contributed by atoms with Gasteiger partial charge in [0.2, 0.25) is 0 Å². The Morgan fingerprint density at radius 1 is 1.09 bits per heavy atom. The van der Waals surface area contributed by atoms with Crippen molar-refractivity contribution in [3.63, 3.8) is 0 Å². The monoisotopic (exact) mass is 451 g/mol. The average Bonchev–Trinajstić information content (AvgIpc) is 3.52. The Bertz CT molecular complexity index is 1040. The molecule has 0 atom stereocenters. The quantitative estimate of drug-likeness (QED) is 0.505. The van der Waals surface area contributed by atoms with E-state index in [1.807, 2.05) is 59.6 Å². The number of thiophene rings is 1. The molecule has 168 valence electrons. The largest absolute Gasteiger partial charge is 0.459 e. The lowest BCUT2D eigenvalue weighted by atomic mass is 9.93. The predicted octanol–water partition coefficient (Wildman–Crippen LogP) is 5.63. The van der Waals surface area contributed by atoms with Crippen LogP contribution in [0.1, 0.15) is 57.9 Å². The number of furan rings is 1. The average molecular weight is 452 g/mol. The molecule has 0 bridgehead atoms. The van der Waals surface area contributed by atoms with Crippen LogP contribution in [-0.2, 0) is 6.54 Å². The van der Waals surface area contributed by atoms with Crippen molar-refractivity contribution in [3.05, 3.63) is 70.3 Å². The molecule has 4 rings (SSSR count). The second-order valence-corrected chi connectivity index (χ2v) is 9.32. The van der Waals surface area contributed by atoms with Crippen LogP contribution in [-0.4, -0.2) is 36.9 Å². The maximum Gasteiger partial charge on any atom is 0.291 e. The van der Waals surface area contributed by atoms with Crippen molar-refractivity contribution in [3.8, 4) is 0 Å². The first kappa shape index (κ1) is 22.1. The standard InChI is InChI=1S/C25H29N3O3S/c1-27(2)21-13-12-19(26-24(29)22-10-6-14-31-22)16-18(21)17-28(20-8-4-3-5-9-20)25(30)23-11-7-15-32-23/h6-7,10-16,20H,3-5,8-9,17H2,1-2H3,(H,26,29). The fraction of sp³-hybridized carbons (Fsp3) is 0.360. The summed E-state index contributed by atoms with van der Waals surface area (Å²) in [5.74, 6) is 0.0546. The van der Waals surface area contributed by atoms with Gasteiger partial charge in [0.05, 0.1) is 11.1 Å². The number of hydrogen-bond acceptors (Lipinski definition) is 5. The van der Waals surface area contributed by atoms with E-state index in [1.165, 1.54) is 24.0 Å². The zero-order valence-corrected chi connectivity index (χ0v) is 19.4. The molecule has 1 aromatic carbocycles. The van der Waals surface area contributed by atoms with Gasteiger partial charge in [0, 0.05) is 38.1 Å². The molecule has 1 N–H and O–H groups in total. The third-order valence-electron chi connectivity index (χ3n) is 5.91. The summed E-state index contributed by atoms with van der Waals surface area (Å²) in [6, 6.07) is 13.2. The molecule has 3 aromatic rings. The number of carbonyl (C=O) groups excluding carboxylic acids is 2. The summed E-state index contributed by atoms with van der Waals surface area (Å²) in [4.78, 5) is 30.8. The number of nitrogens with one attached hydrogen (secondary N) is 1. The molecule has 2 aromatic heterocycles. The maximum absolute atomic E-state index is 13.4. The van der Waals surface area contributed by atoms with Gasteiger partial charge in [-0.3, -0.25) is 9.59 Å². The van der Waals surface area contributed by atoms with E-state index >= 15 is 0 Å². The van der Waals surface area contributed by atoms with Gasteiger partial charge in [0.25, 0.3) is 11.8 Å². The second-order valence-electron chi connectivity index (χ2n) is 8.37. The van der Waals surface area contributed by atoms with Crippen molar-refractivity contribution >= 4 is 34.5 Å². The van der Waals surface area contributed by atoms with E-state index in [9.17, 15) is 9.59 Å². The zero-order chi connectivity index (χ0) is 22.5. The lowest BCUT2D eigenvalue weighted by molar-refractivity contribution is 0.0619. The molecule has 0 saturated heterocycles. The maximum atomic E-state index is 13.4. The highest BCUT2D eigenvalue weighted by molar-refractivity contribution is 7.12. The van der Waals surface area contributed by atoms with Crippen molar-refractivity contribution in [2.24, 2.45) is 0 Å². The van der Waals surface area contributed by atoms with Crippen LogP contribution in [0.25, 0.3) is 0 Å². The molecule has 2 heterocycles. The molecule has 32 heavy (non-hydrogen) atoms. The summed E-state index contributed by atoms with van der Waals surface area (Å²) in [6.07, 6.45) is 7.08. The van der Waals surface area contributed by atoms with Crippen LogP contribution in [0.4, 0.5) is 11.4 Å². The molecule has 7 heteroatoms. The normalized spacial score (nSPS) is 14.2. The summed E-state index contributed by atoms with van der Waals surface area (Å²) < 4.78 is 5.20. The van der Waals surface area contributed by atoms with Crippen LogP contribution in [0, 0.1) is 0 Å². The number of rotatable bonds is 7. The smallest absolute Gasteiger partial charge is 0.291 e. The summed E-state index contributed by atoms with van der Waals surface area (Å²) in [7, 11) is 3.98. The molecule has 6 nitrogen and oxygen atoms in total. The molecular formula is C25H29N3O3S. The Morgan fingerprint density at radius 3 is 2.56 bits per heavy atom. The highest BCUT2D eigenvalue weighted by Crippen LogP contribution is 2.30. The number of nitrogens with zero attached hydrogens (tertiary/aromatic N) is 2. The Labute approximate surface area is 192 Å². The summed E-state index contributed by atoms with van der Waals surface area (Å²) in [5, 5.41) is 4.85. The highest BCUT2D eigenvalue weighted by Gasteiger charge is 2.28. The van der Waals surface area contributed by atoms with Crippen LogP contribution in [0.2, 0.25) is 0 Å². The Morgan fingerprint density at radius 2 is 1.91 bits per heavy atom. The molecule has 0 aliphatic heterocycles. The van der Waals surface area contributed by atoms with E-state index in [4.69, 9.17) is 4.42 Å². The molecule has 0 radical (unpaired) electrons. The summed E-state index contributed by atoms with van der Waals surface area (Å²) >= 11 is 1.49.